The van der Waals surface area contributed by atoms with Crippen molar-refractivity contribution in [3.05, 3.63) is 34.9 Å². The van der Waals surface area contributed by atoms with Crippen molar-refractivity contribution in [2.24, 2.45) is 0 Å². The molecule has 80 valence electrons. The second kappa shape index (κ2) is 12.2. The van der Waals surface area contributed by atoms with Crippen molar-refractivity contribution in [2.75, 3.05) is 0 Å². The lowest BCUT2D eigenvalue weighted by atomic mass is 10.2. The van der Waals surface area contributed by atoms with Crippen molar-refractivity contribution in [3.63, 3.8) is 0 Å². The van der Waals surface area contributed by atoms with Crippen molar-refractivity contribution >= 4 is 17.9 Å². The van der Waals surface area contributed by atoms with Gasteiger partial charge in [0.05, 0.1) is 0 Å². The van der Waals surface area contributed by atoms with Crippen LogP contribution in [0.3, 0.4) is 0 Å². The van der Waals surface area contributed by atoms with Gasteiger partial charge < -0.3 is 4.79 Å². The summed E-state index contributed by atoms with van der Waals surface area (Å²) in [5, 5.41) is 0.703. The van der Waals surface area contributed by atoms with E-state index in [1.807, 2.05) is 39.8 Å². The quantitative estimate of drug-likeness (QED) is 0.677. The van der Waals surface area contributed by atoms with Crippen LogP contribution >= 0.6 is 11.6 Å². The fourth-order valence-corrected chi connectivity index (χ4v) is 0.843. The molecule has 0 aliphatic carbocycles. The monoisotopic (exact) mass is 214 g/mol. The Hall–Kier alpha value is -0.820. The molecule has 1 aromatic carbocycles. The summed E-state index contributed by atoms with van der Waals surface area (Å²) in [7, 11) is 0. The van der Waals surface area contributed by atoms with Crippen molar-refractivity contribution in [3.8, 4) is 0 Å². The second-order valence-electron chi connectivity index (χ2n) is 2.00. The Kier molecular flexibility index (Phi) is 13.6. The van der Waals surface area contributed by atoms with E-state index in [2.05, 4.69) is 0 Å². The van der Waals surface area contributed by atoms with Gasteiger partial charge in [0.15, 0.2) is 0 Å². The van der Waals surface area contributed by atoms with Gasteiger partial charge >= 0.3 is 0 Å². The molecule has 0 atom stereocenters. The smallest absolute Gasteiger partial charge is 0.124 e. The summed E-state index contributed by atoms with van der Waals surface area (Å²) < 4.78 is 0. The number of halogens is 1. The van der Waals surface area contributed by atoms with E-state index >= 15 is 0 Å². The van der Waals surface area contributed by atoms with E-state index in [-0.39, 0.29) is 0 Å². The highest BCUT2D eigenvalue weighted by atomic mass is 35.5. The first-order chi connectivity index (χ1) is 6.83. The number of carbonyl (C=O) groups is 1. The maximum atomic E-state index is 10.0. The Balaban J connectivity index is 0. The topological polar surface area (TPSA) is 17.1 Å². The predicted molar refractivity (Wildman–Crippen MR) is 63.9 cm³/mol. The van der Waals surface area contributed by atoms with Crippen molar-refractivity contribution in [2.45, 2.75) is 34.1 Å². The van der Waals surface area contributed by atoms with Gasteiger partial charge in [0.25, 0.3) is 0 Å². The van der Waals surface area contributed by atoms with Crippen LogP contribution in [-0.2, 0) is 11.2 Å². The molecule has 0 amide bonds. The zero-order valence-electron chi connectivity index (χ0n) is 9.38. The lowest BCUT2D eigenvalue weighted by Gasteiger charge is -1.92. The van der Waals surface area contributed by atoms with Gasteiger partial charge in [0.2, 0.25) is 0 Å². The number of rotatable bonds is 2. The molecule has 0 saturated heterocycles. The summed E-state index contributed by atoms with van der Waals surface area (Å²) >= 11 is 5.62. The lowest BCUT2D eigenvalue weighted by Crippen LogP contribution is -1.83. The van der Waals surface area contributed by atoms with Crippen LogP contribution in [-0.4, -0.2) is 6.29 Å². The van der Waals surface area contributed by atoms with Crippen LogP contribution < -0.4 is 0 Å². The largest absolute Gasteiger partial charge is 0.303 e. The van der Waals surface area contributed by atoms with Crippen LogP contribution in [0.4, 0.5) is 0 Å². The first-order valence-electron chi connectivity index (χ1n) is 5.01. The van der Waals surface area contributed by atoms with Crippen molar-refractivity contribution < 1.29 is 4.79 Å². The van der Waals surface area contributed by atoms with Gasteiger partial charge in [-0.15, -0.1) is 0 Å². The molecule has 1 aromatic rings. The molecule has 2 heteroatoms. The average Bonchev–Trinajstić information content (AvgIpc) is 2.28. The Labute approximate surface area is 92.1 Å². The Morgan fingerprint density at radius 1 is 1.07 bits per heavy atom. The molecule has 1 rings (SSSR count). The standard InChI is InChI=1S/C8H7ClO.2C2H6/c9-8-3-1-7(2-4-8)5-6-10;2*1-2/h1-4,6H,5H2;2*1-2H3. The van der Waals surface area contributed by atoms with Crippen molar-refractivity contribution in [1.82, 2.24) is 0 Å². The summed E-state index contributed by atoms with van der Waals surface area (Å²) in [4.78, 5) is 10.0. The van der Waals surface area contributed by atoms with Gasteiger partial charge in [-0.2, -0.15) is 0 Å². The van der Waals surface area contributed by atoms with Crippen LogP contribution in [0, 0.1) is 0 Å². The molecule has 0 heterocycles. The summed E-state index contributed by atoms with van der Waals surface area (Å²) in [6, 6.07) is 7.24. The number of hydrogen-bond donors (Lipinski definition) is 0. The molecular weight excluding hydrogens is 196 g/mol. The van der Waals surface area contributed by atoms with Crippen molar-refractivity contribution in [1.29, 1.82) is 0 Å². The fraction of sp³-hybridized carbons (Fsp3) is 0.417. The van der Waals surface area contributed by atoms with E-state index in [4.69, 9.17) is 11.6 Å². The molecule has 0 radical (unpaired) electrons. The van der Waals surface area contributed by atoms with Gasteiger partial charge in [-0.05, 0) is 17.7 Å². The van der Waals surface area contributed by atoms with E-state index in [0.717, 1.165) is 11.8 Å². The Morgan fingerprint density at radius 2 is 1.50 bits per heavy atom. The highest BCUT2D eigenvalue weighted by Crippen LogP contribution is 2.08. The average molecular weight is 215 g/mol. The lowest BCUT2D eigenvalue weighted by molar-refractivity contribution is -0.107. The molecule has 0 saturated carbocycles. The van der Waals surface area contributed by atoms with Gasteiger partial charge in [-0.3, -0.25) is 0 Å². The molecule has 0 unspecified atom stereocenters. The maximum Gasteiger partial charge on any atom is 0.124 e. The summed E-state index contributed by atoms with van der Waals surface area (Å²) in [5.41, 5.74) is 0.999. The third-order valence-corrected chi connectivity index (χ3v) is 1.48. The third-order valence-electron chi connectivity index (χ3n) is 1.23. The van der Waals surface area contributed by atoms with Crippen LogP contribution in [0.2, 0.25) is 5.02 Å². The van der Waals surface area contributed by atoms with E-state index in [1.165, 1.54) is 0 Å². The van der Waals surface area contributed by atoms with E-state index in [9.17, 15) is 4.79 Å². The van der Waals surface area contributed by atoms with Crippen LogP contribution in [0.25, 0.3) is 0 Å². The van der Waals surface area contributed by atoms with Crippen LogP contribution in [0.5, 0.6) is 0 Å². The molecule has 0 fully saturated rings. The minimum absolute atomic E-state index is 0.469. The minimum atomic E-state index is 0.469. The summed E-state index contributed by atoms with van der Waals surface area (Å²) in [5.74, 6) is 0. The highest BCUT2D eigenvalue weighted by Gasteiger charge is 1.89. The van der Waals surface area contributed by atoms with Gasteiger partial charge in [-0.1, -0.05) is 51.4 Å². The summed E-state index contributed by atoms with van der Waals surface area (Å²) in [6.45, 7) is 8.00. The zero-order valence-corrected chi connectivity index (χ0v) is 10.1. The molecule has 0 aliphatic rings. The van der Waals surface area contributed by atoms with Gasteiger partial charge in [0, 0.05) is 11.4 Å². The second-order valence-corrected chi connectivity index (χ2v) is 2.43. The normalized spacial score (nSPS) is 7.50. The molecule has 0 N–H and O–H groups in total. The van der Waals surface area contributed by atoms with Gasteiger partial charge in [-0.25, -0.2) is 0 Å². The Bertz CT molecular complexity index is 216. The van der Waals surface area contributed by atoms with Gasteiger partial charge in [0.1, 0.15) is 6.29 Å². The fourth-order valence-electron chi connectivity index (χ4n) is 0.717. The zero-order chi connectivity index (χ0) is 11.4. The molecule has 0 spiro atoms. The summed E-state index contributed by atoms with van der Waals surface area (Å²) in [6.07, 6.45) is 1.35. The highest BCUT2D eigenvalue weighted by molar-refractivity contribution is 6.30. The first-order valence-corrected chi connectivity index (χ1v) is 5.39. The first kappa shape index (κ1) is 15.6. The third kappa shape index (κ3) is 7.81. The van der Waals surface area contributed by atoms with E-state index < -0.39 is 0 Å². The molecule has 0 bridgehead atoms. The number of benzene rings is 1. The minimum Gasteiger partial charge on any atom is -0.303 e. The van der Waals surface area contributed by atoms with E-state index in [1.54, 1.807) is 12.1 Å². The number of hydrogen-bond acceptors (Lipinski definition) is 1. The van der Waals surface area contributed by atoms with Crippen LogP contribution in [0.15, 0.2) is 24.3 Å². The molecular formula is C12H19ClO. The number of aldehydes is 1. The molecule has 0 aliphatic heterocycles. The number of carbonyl (C=O) groups excluding carboxylic acids is 1. The molecule has 1 nitrogen and oxygen atoms in total. The van der Waals surface area contributed by atoms with E-state index in [0.29, 0.717) is 11.4 Å². The molecule has 14 heavy (non-hydrogen) atoms. The molecule has 0 aromatic heterocycles. The predicted octanol–water partition coefficient (Wildman–Crippen LogP) is 4.13. The maximum absolute atomic E-state index is 10.0. The van der Waals surface area contributed by atoms with Crippen LogP contribution in [0.1, 0.15) is 33.3 Å². The Morgan fingerprint density at radius 3 is 1.86 bits per heavy atom. The SMILES string of the molecule is CC.CC.O=CCc1ccc(Cl)cc1.